The first-order valence-corrected chi connectivity index (χ1v) is 38.8. The van der Waals surface area contributed by atoms with Gasteiger partial charge in [0.2, 0.25) is 0 Å². The highest BCUT2D eigenvalue weighted by molar-refractivity contribution is 6.37. The van der Waals surface area contributed by atoms with Gasteiger partial charge < -0.3 is 19.3 Å². The molecule has 23 aromatic carbocycles. The van der Waals surface area contributed by atoms with Crippen molar-refractivity contribution in [3.63, 3.8) is 0 Å². The fraction of sp³-hybridized carbons (Fsp3) is 0. The minimum atomic E-state index is 1.07. The summed E-state index contributed by atoms with van der Waals surface area (Å²) in [6, 6.07) is 149. The smallest absolute Gasteiger partial charge is 0.0541 e. The fourth-order valence-electron chi connectivity index (χ4n) is 19.5. The summed E-state index contributed by atoms with van der Waals surface area (Å²) in [5.41, 5.74) is 17.8. The summed E-state index contributed by atoms with van der Waals surface area (Å²) in [4.78, 5) is 7.31. The minimum Gasteiger partial charge on any atom is -0.310 e. The number of benzene rings is 23. The van der Waals surface area contributed by atoms with E-state index in [1.165, 1.54) is 140 Å². The number of para-hydroxylation sites is 3. The average molecular weight is 1420 g/mol. The van der Waals surface area contributed by atoms with Gasteiger partial charge in [-0.1, -0.05) is 273 Å². The Bertz CT molecular complexity index is 7420. The van der Waals surface area contributed by atoms with Gasteiger partial charge in [0.1, 0.15) is 0 Å². The molecule has 24 rings (SSSR count). The lowest BCUT2D eigenvalue weighted by molar-refractivity contribution is 1.17. The van der Waals surface area contributed by atoms with Crippen molar-refractivity contribution in [3.05, 3.63) is 400 Å². The van der Waals surface area contributed by atoms with E-state index in [2.05, 4.69) is 420 Å². The molecule has 0 fully saturated rings. The number of hydrogen-bond donors (Lipinski definition) is 0. The van der Waals surface area contributed by atoms with Crippen LogP contribution in [0, 0.1) is 0 Å². The Hall–Kier alpha value is -14.8. The standard InChI is InChI=1S/C108H66N4/c1-4-25-74(26-5-1)109(98-62-57-90-84-34-13-22-69-19-10-31-81(103(69)84)87-37-16-40-93(98)106(87)90)77-49-43-67(44-50-77)72-47-60-101-96(65-72)97-66-73(68-45-51-78(52-46-68)110(75-27-6-2-7-28-75)99-63-58-91-85-35-14-23-70-20-11-32-82(104(70)85)88-38-17-41-94(99)107(88)91)48-61-102(97)112(101)80-55-53-79(54-56-80)111(76-29-8-3-9-30-76)100-64-59-92-86-36-15-24-71-21-12-33-83(105(71)86)89-39-18-42-95(100)108(89)92/h1-66H. The monoisotopic (exact) mass is 1420 g/mol. The highest BCUT2D eigenvalue weighted by Gasteiger charge is 2.26. The molecule has 0 unspecified atom stereocenters. The van der Waals surface area contributed by atoms with E-state index in [1.54, 1.807) is 0 Å². The van der Waals surface area contributed by atoms with Crippen molar-refractivity contribution < 1.29 is 0 Å². The number of rotatable bonds is 12. The molecule has 0 aliphatic heterocycles. The molecular formula is C108H66N4. The van der Waals surface area contributed by atoms with Crippen molar-refractivity contribution in [2.75, 3.05) is 14.7 Å². The Kier molecular flexibility index (Phi) is 13.5. The summed E-state index contributed by atoms with van der Waals surface area (Å²) in [6.07, 6.45) is 0. The molecule has 112 heavy (non-hydrogen) atoms. The SMILES string of the molecule is c1ccc(N(c2ccc(-c3ccc4c(c3)c3cc(-c5ccc(N(c6ccccc6)c6ccc7c8cccc9cccc(c%10cccc6c%107)c98)cc5)ccc3n4-c3ccc(N(c4ccccc4)c4ccc5c6cccc7cccc(c8cccc4c85)c76)cc3)cc2)c2ccc3c4cccc5cccc(c6cccc2c63)c54)cc1. The first-order chi connectivity index (χ1) is 55.6. The average Bonchev–Trinajstić information content (AvgIpc) is 0.962. The predicted molar refractivity (Wildman–Crippen MR) is 479 cm³/mol. The molecule has 0 atom stereocenters. The Balaban J connectivity index is 0.646. The molecule has 0 saturated carbocycles. The zero-order valence-electron chi connectivity index (χ0n) is 60.9. The second-order valence-corrected chi connectivity index (χ2v) is 30.1. The zero-order chi connectivity index (χ0) is 73.2. The molecule has 1 heterocycles. The van der Waals surface area contributed by atoms with Gasteiger partial charge in [-0.3, -0.25) is 0 Å². The van der Waals surface area contributed by atoms with Gasteiger partial charge in [0.15, 0.2) is 0 Å². The van der Waals surface area contributed by atoms with Crippen molar-refractivity contribution in [1.29, 1.82) is 0 Å². The van der Waals surface area contributed by atoms with Gasteiger partial charge in [0.05, 0.1) is 28.1 Å². The third-order valence-electron chi connectivity index (χ3n) is 24.3. The van der Waals surface area contributed by atoms with E-state index in [4.69, 9.17) is 0 Å². The Morgan fingerprint density at radius 2 is 0.393 bits per heavy atom. The van der Waals surface area contributed by atoms with Gasteiger partial charge in [-0.25, -0.2) is 0 Å². The summed E-state index contributed by atoms with van der Waals surface area (Å²) in [5.74, 6) is 0. The lowest BCUT2D eigenvalue weighted by Crippen LogP contribution is -2.10. The van der Waals surface area contributed by atoms with Gasteiger partial charge in [0, 0.05) is 66.7 Å². The van der Waals surface area contributed by atoms with E-state index in [1.807, 2.05) is 0 Å². The van der Waals surface area contributed by atoms with Crippen LogP contribution in [0.4, 0.5) is 51.2 Å². The third kappa shape index (κ3) is 9.24. The molecule has 1 aromatic heterocycles. The number of fused-ring (bicyclic) bond motifs is 9. The van der Waals surface area contributed by atoms with E-state index in [0.29, 0.717) is 0 Å². The Labute approximate surface area is 645 Å². The molecule has 0 N–H and O–H groups in total. The summed E-state index contributed by atoms with van der Waals surface area (Å²) >= 11 is 0. The fourth-order valence-corrected chi connectivity index (χ4v) is 19.5. The molecule has 0 aliphatic carbocycles. The van der Waals surface area contributed by atoms with E-state index in [-0.39, 0.29) is 0 Å². The van der Waals surface area contributed by atoms with E-state index >= 15 is 0 Å². The van der Waals surface area contributed by atoms with E-state index < -0.39 is 0 Å². The zero-order valence-corrected chi connectivity index (χ0v) is 60.9. The molecule has 0 saturated heterocycles. The van der Waals surface area contributed by atoms with Crippen LogP contribution in [0.25, 0.3) is 179 Å². The molecular weight excluding hydrogens is 1350 g/mol. The van der Waals surface area contributed by atoms with Gasteiger partial charge in [-0.05, 0) is 263 Å². The molecule has 24 aromatic rings. The molecule has 0 amide bonds. The molecule has 0 bridgehead atoms. The molecule has 0 radical (unpaired) electrons. The molecule has 4 nitrogen and oxygen atoms in total. The van der Waals surface area contributed by atoms with Crippen LogP contribution in [-0.4, -0.2) is 4.57 Å². The maximum absolute atomic E-state index is 2.47. The lowest BCUT2D eigenvalue weighted by Gasteiger charge is -2.28. The van der Waals surface area contributed by atoms with Crippen LogP contribution in [-0.2, 0) is 0 Å². The normalized spacial score (nSPS) is 12.1. The maximum atomic E-state index is 2.47. The van der Waals surface area contributed by atoms with Crippen molar-refractivity contribution in [3.8, 4) is 27.9 Å². The van der Waals surface area contributed by atoms with Crippen LogP contribution in [0.3, 0.4) is 0 Å². The van der Waals surface area contributed by atoms with E-state index in [9.17, 15) is 0 Å². The van der Waals surface area contributed by atoms with Gasteiger partial charge in [-0.2, -0.15) is 0 Å². The first kappa shape index (κ1) is 62.2. The van der Waals surface area contributed by atoms with Gasteiger partial charge >= 0.3 is 0 Å². The van der Waals surface area contributed by atoms with Crippen LogP contribution in [0.2, 0.25) is 0 Å². The third-order valence-corrected chi connectivity index (χ3v) is 24.3. The molecule has 518 valence electrons. The van der Waals surface area contributed by atoms with Crippen LogP contribution in [0.15, 0.2) is 400 Å². The van der Waals surface area contributed by atoms with Crippen molar-refractivity contribution >= 4 is 202 Å². The summed E-state index contributed by atoms with van der Waals surface area (Å²) in [5, 5.41) is 33.0. The second-order valence-electron chi connectivity index (χ2n) is 30.1. The van der Waals surface area contributed by atoms with Crippen LogP contribution >= 0.6 is 0 Å². The quantitative estimate of drug-likeness (QED) is 0.0895. The summed E-state index contributed by atoms with van der Waals surface area (Å²) in [6.45, 7) is 0. The topological polar surface area (TPSA) is 14.7 Å². The Morgan fingerprint density at radius 3 is 0.696 bits per heavy atom. The number of nitrogens with zero attached hydrogens (tertiary/aromatic N) is 4. The van der Waals surface area contributed by atoms with Crippen molar-refractivity contribution in [1.82, 2.24) is 4.57 Å². The first-order valence-electron chi connectivity index (χ1n) is 38.8. The predicted octanol–water partition coefficient (Wildman–Crippen LogP) is 30.7. The molecule has 0 spiro atoms. The summed E-state index contributed by atoms with van der Waals surface area (Å²) < 4.78 is 2.47. The van der Waals surface area contributed by atoms with Crippen LogP contribution < -0.4 is 14.7 Å². The molecule has 4 heteroatoms. The number of aromatic nitrogens is 1. The van der Waals surface area contributed by atoms with Crippen molar-refractivity contribution in [2.45, 2.75) is 0 Å². The Morgan fingerprint density at radius 1 is 0.152 bits per heavy atom. The second kappa shape index (κ2) is 24.3. The molecule has 0 aliphatic rings. The highest BCUT2D eigenvalue weighted by atomic mass is 15.2. The number of hydrogen-bond acceptors (Lipinski definition) is 3. The highest BCUT2D eigenvalue weighted by Crippen LogP contribution is 2.52. The summed E-state index contributed by atoms with van der Waals surface area (Å²) in [7, 11) is 0. The van der Waals surface area contributed by atoms with Crippen LogP contribution in [0.1, 0.15) is 0 Å². The van der Waals surface area contributed by atoms with Crippen LogP contribution in [0.5, 0.6) is 0 Å². The lowest BCUT2D eigenvalue weighted by atomic mass is 9.89. The van der Waals surface area contributed by atoms with Gasteiger partial charge in [0.25, 0.3) is 0 Å². The van der Waals surface area contributed by atoms with E-state index in [0.717, 1.165) is 90.2 Å². The maximum Gasteiger partial charge on any atom is 0.0541 e. The van der Waals surface area contributed by atoms with Gasteiger partial charge in [-0.15, -0.1) is 0 Å². The van der Waals surface area contributed by atoms with Crippen molar-refractivity contribution in [2.24, 2.45) is 0 Å². The largest absolute Gasteiger partial charge is 0.310 e. The minimum absolute atomic E-state index is 1.07. The number of anilines is 9.